The monoisotopic (exact) mass is 273 g/mol. The van der Waals surface area contributed by atoms with Gasteiger partial charge in [0.05, 0.1) is 4.47 Å². The van der Waals surface area contributed by atoms with E-state index in [1.54, 1.807) is 6.07 Å². The van der Waals surface area contributed by atoms with Gasteiger partial charge in [0.15, 0.2) is 0 Å². The highest BCUT2D eigenvalue weighted by atomic mass is 79.9. The smallest absolute Gasteiger partial charge is 0.137 e. The van der Waals surface area contributed by atoms with Crippen LogP contribution in [0.25, 0.3) is 0 Å². The molecule has 3 heteroatoms. The average molecular weight is 274 g/mol. The zero-order chi connectivity index (χ0) is 11.3. The largest absolute Gasteiger partial charge is 0.313 e. The van der Waals surface area contributed by atoms with Crippen molar-refractivity contribution < 1.29 is 4.39 Å². The number of hydrogen-bond donors (Lipinski definition) is 1. The summed E-state index contributed by atoms with van der Waals surface area (Å²) >= 11 is 3.25. The summed E-state index contributed by atoms with van der Waals surface area (Å²) in [7, 11) is 0. The normalized spacial score (nSPS) is 11.0. The summed E-state index contributed by atoms with van der Waals surface area (Å²) in [5.74, 6) is 0.506. The Morgan fingerprint density at radius 2 is 2.13 bits per heavy atom. The molecule has 1 aromatic carbocycles. The standard InChI is InChI=1S/C12H17BrFN/c1-9(2)6-7-15-8-10-4-3-5-11(14)12(10)13/h3-5,9,15H,6-8H2,1-2H3. The number of benzene rings is 1. The van der Waals surface area contributed by atoms with Crippen LogP contribution in [-0.4, -0.2) is 6.54 Å². The lowest BCUT2D eigenvalue weighted by Crippen LogP contribution is -2.16. The molecule has 0 aliphatic carbocycles. The fourth-order valence-corrected chi connectivity index (χ4v) is 1.70. The Labute approximate surface area is 99.2 Å². The summed E-state index contributed by atoms with van der Waals surface area (Å²) in [6, 6.07) is 5.12. The number of nitrogens with one attached hydrogen (secondary N) is 1. The van der Waals surface area contributed by atoms with Crippen molar-refractivity contribution in [1.29, 1.82) is 0 Å². The number of rotatable bonds is 5. The lowest BCUT2D eigenvalue weighted by atomic mass is 10.1. The molecule has 84 valence electrons. The van der Waals surface area contributed by atoms with Gasteiger partial charge in [-0.3, -0.25) is 0 Å². The number of halogens is 2. The van der Waals surface area contributed by atoms with E-state index in [0.717, 1.165) is 18.5 Å². The summed E-state index contributed by atoms with van der Waals surface area (Å²) in [5, 5.41) is 3.30. The molecule has 0 saturated carbocycles. The molecule has 0 bridgehead atoms. The molecule has 1 rings (SSSR count). The van der Waals surface area contributed by atoms with Crippen LogP contribution < -0.4 is 5.32 Å². The van der Waals surface area contributed by atoms with E-state index in [-0.39, 0.29) is 5.82 Å². The summed E-state index contributed by atoms with van der Waals surface area (Å²) in [6.07, 6.45) is 1.15. The van der Waals surface area contributed by atoms with Crippen molar-refractivity contribution in [2.24, 2.45) is 5.92 Å². The Morgan fingerprint density at radius 3 is 2.80 bits per heavy atom. The van der Waals surface area contributed by atoms with Crippen LogP contribution >= 0.6 is 15.9 Å². The van der Waals surface area contributed by atoms with Gasteiger partial charge in [-0.2, -0.15) is 0 Å². The molecule has 0 amide bonds. The Kier molecular flexibility index (Phi) is 5.26. The zero-order valence-electron chi connectivity index (χ0n) is 9.19. The molecule has 0 heterocycles. The summed E-state index contributed by atoms with van der Waals surface area (Å²) in [4.78, 5) is 0. The van der Waals surface area contributed by atoms with Gasteiger partial charge in [0.25, 0.3) is 0 Å². The zero-order valence-corrected chi connectivity index (χ0v) is 10.8. The van der Waals surface area contributed by atoms with Crippen molar-refractivity contribution in [3.63, 3.8) is 0 Å². The minimum Gasteiger partial charge on any atom is -0.313 e. The molecule has 0 aromatic heterocycles. The first-order valence-corrected chi connectivity index (χ1v) is 6.04. The van der Waals surface area contributed by atoms with Crippen LogP contribution in [0.4, 0.5) is 4.39 Å². The van der Waals surface area contributed by atoms with Crippen molar-refractivity contribution in [1.82, 2.24) is 5.32 Å². The van der Waals surface area contributed by atoms with Crippen LogP contribution in [0.5, 0.6) is 0 Å². The lowest BCUT2D eigenvalue weighted by molar-refractivity contribution is 0.535. The highest BCUT2D eigenvalue weighted by Crippen LogP contribution is 2.19. The molecule has 0 unspecified atom stereocenters. The van der Waals surface area contributed by atoms with Crippen molar-refractivity contribution in [2.75, 3.05) is 6.54 Å². The Morgan fingerprint density at radius 1 is 1.40 bits per heavy atom. The van der Waals surface area contributed by atoms with E-state index in [1.807, 2.05) is 6.07 Å². The third-order valence-electron chi connectivity index (χ3n) is 2.25. The Bertz CT molecular complexity index is 312. The fourth-order valence-electron chi connectivity index (χ4n) is 1.30. The highest BCUT2D eigenvalue weighted by Gasteiger charge is 2.04. The molecule has 1 aromatic rings. The molecule has 15 heavy (non-hydrogen) atoms. The maximum atomic E-state index is 13.1. The quantitative estimate of drug-likeness (QED) is 0.807. The average Bonchev–Trinajstić information content (AvgIpc) is 2.18. The van der Waals surface area contributed by atoms with Gasteiger partial charge in [0.2, 0.25) is 0 Å². The van der Waals surface area contributed by atoms with Crippen molar-refractivity contribution >= 4 is 15.9 Å². The van der Waals surface area contributed by atoms with E-state index < -0.39 is 0 Å². The van der Waals surface area contributed by atoms with Gasteiger partial charge in [-0.15, -0.1) is 0 Å². The van der Waals surface area contributed by atoms with Gasteiger partial charge in [0.1, 0.15) is 5.82 Å². The summed E-state index contributed by atoms with van der Waals surface area (Å²) in [6.45, 7) is 6.07. The van der Waals surface area contributed by atoms with E-state index >= 15 is 0 Å². The first kappa shape index (κ1) is 12.7. The maximum Gasteiger partial charge on any atom is 0.137 e. The molecule has 1 nitrogen and oxygen atoms in total. The van der Waals surface area contributed by atoms with Crippen LogP contribution in [0.15, 0.2) is 22.7 Å². The van der Waals surface area contributed by atoms with E-state index in [4.69, 9.17) is 0 Å². The molecular formula is C12H17BrFN. The first-order chi connectivity index (χ1) is 7.11. The van der Waals surface area contributed by atoms with Gasteiger partial charge in [-0.25, -0.2) is 4.39 Å². The molecule has 0 atom stereocenters. The first-order valence-electron chi connectivity index (χ1n) is 5.25. The topological polar surface area (TPSA) is 12.0 Å². The Hall–Kier alpha value is -0.410. The predicted octanol–water partition coefficient (Wildman–Crippen LogP) is 3.72. The second-order valence-corrected chi connectivity index (χ2v) is 4.87. The lowest BCUT2D eigenvalue weighted by Gasteiger charge is -2.08. The van der Waals surface area contributed by atoms with Crippen LogP contribution in [0.3, 0.4) is 0 Å². The molecule has 0 fully saturated rings. The van der Waals surface area contributed by atoms with Crippen LogP contribution in [0.1, 0.15) is 25.8 Å². The Balaban J connectivity index is 2.41. The van der Waals surface area contributed by atoms with E-state index in [9.17, 15) is 4.39 Å². The van der Waals surface area contributed by atoms with Gasteiger partial charge < -0.3 is 5.32 Å². The molecule has 0 spiro atoms. The molecule has 0 aliphatic rings. The highest BCUT2D eigenvalue weighted by molar-refractivity contribution is 9.10. The molecule has 0 aliphatic heterocycles. The van der Waals surface area contributed by atoms with Gasteiger partial charge in [-0.1, -0.05) is 26.0 Å². The summed E-state index contributed by atoms with van der Waals surface area (Å²) < 4.78 is 13.7. The minimum absolute atomic E-state index is 0.196. The molecule has 1 N–H and O–H groups in total. The van der Waals surface area contributed by atoms with Gasteiger partial charge >= 0.3 is 0 Å². The third-order valence-corrected chi connectivity index (χ3v) is 3.13. The molecular weight excluding hydrogens is 257 g/mol. The summed E-state index contributed by atoms with van der Waals surface area (Å²) in [5.41, 5.74) is 0.971. The molecule has 0 radical (unpaired) electrons. The van der Waals surface area contributed by atoms with Crippen LogP contribution in [-0.2, 0) is 6.54 Å². The predicted molar refractivity (Wildman–Crippen MR) is 65.3 cm³/mol. The van der Waals surface area contributed by atoms with E-state index in [0.29, 0.717) is 16.9 Å². The second kappa shape index (κ2) is 6.23. The fraction of sp³-hybridized carbons (Fsp3) is 0.500. The molecule has 0 saturated heterocycles. The SMILES string of the molecule is CC(C)CCNCc1cccc(F)c1Br. The minimum atomic E-state index is -0.196. The van der Waals surface area contributed by atoms with Gasteiger partial charge in [-0.05, 0) is 46.4 Å². The van der Waals surface area contributed by atoms with Crippen LogP contribution in [0.2, 0.25) is 0 Å². The second-order valence-electron chi connectivity index (χ2n) is 4.07. The van der Waals surface area contributed by atoms with Crippen molar-refractivity contribution in [3.8, 4) is 0 Å². The number of hydrogen-bond acceptors (Lipinski definition) is 1. The van der Waals surface area contributed by atoms with E-state index in [1.165, 1.54) is 6.07 Å². The van der Waals surface area contributed by atoms with Crippen molar-refractivity contribution in [2.45, 2.75) is 26.8 Å². The maximum absolute atomic E-state index is 13.1. The van der Waals surface area contributed by atoms with E-state index in [2.05, 4.69) is 35.1 Å². The third kappa shape index (κ3) is 4.31. The van der Waals surface area contributed by atoms with Crippen LogP contribution in [0, 0.1) is 11.7 Å². The van der Waals surface area contributed by atoms with Gasteiger partial charge in [0, 0.05) is 6.54 Å². The van der Waals surface area contributed by atoms with Crippen molar-refractivity contribution in [3.05, 3.63) is 34.1 Å².